The third-order valence-electron chi connectivity index (χ3n) is 1.88. The number of halogens is 2. The van der Waals surface area contributed by atoms with Crippen LogP contribution < -0.4 is 0 Å². The Labute approximate surface area is 107 Å². The maximum absolute atomic E-state index is 6.08. The zero-order chi connectivity index (χ0) is 10.8. The number of hydrogen-bond donors (Lipinski definition) is 1. The molecule has 78 valence electrons. The van der Waals surface area contributed by atoms with Crippen molar-refractivity contribution in [3.63, 3.8) is 0 Å². The van der Waals surface area contributed by atoms with Crippen molar-refractivity contribution in [1.29, 1.82) is 0 Å². The molecule has 5 heteroatoms. The summed E-state index contributed by atoms with van der Waals surface area (Å²) in [7, 11) is 0. The summed E-state index contributed by atoms with van der Waals surface area (Å²) in [5, 5.41) is 4.14. The number of hydrogen-bond acceptors (Lipinski definition) is 3. The second-order valence-corrected chi connectivity index (χ2v) is 4.94. The molecule has 0 radical (unpaired) electrons. The highest BCUT2D eigenvalue weighted by atomic mass is 35.5. The van der Waals surface area contributed by atoms with Gasteiger partial charge >= 0.3 is 0 Å². The van der Waals surface area contributed by atoms with Crippen molar-refractivity contribution in [1.82, 2.24) is 4.98 Å². The Morgan fingerprint density at radius 1 is 1.33 bits per heavy atom. The molecular weight excluding hydrogens is 269 g/mol. The lowest BCUT2D eigenvalue weighted by Crippen LogP contribution is -1.80. The van der Waals surface area contributed by atoms with Gasteiger partial charge in [0, 0.05) is 21.7 Å². The maximum Gasteiger partial charge on any atom is 0.125 e. The van der Waals surface area contributed by atoms with E-state index in [4.69, 9.17) is 23.2 Å². The van der Waals surface area contributed by atoms with Crippen LogP contribution in [0.1, 0.15) is 5.69 Å². The van der Waals surface area contributed by atoms with E-state index in [9.17, 15) is 0 Å². The third kappa shape index (κ3) is 2.48. The smallest absolute Gasteiger partial charge is 0.125 e. The zero-order valence-corrected chi connectivity index (χ0v) is 10.8. The Hall–Kier alpha value is -0.220. The Kier molecular flexibility index (Phi) is 3.57. The molecule has 0 aliphatic heterocycles. The van der Waals surface area contributed by atoms with Gasteiger partial charge in [-0.2, -0.15) is 12.6 Å². The van der Waals surface area contributed by atoms with E-state index in [2.05, 4.69) is 17.6 Å². The van der Waals surface area contributed by atoms with E-state index in [1.54, 1.807) is 17.4 Å². The van der Waals surface area contributed by atoms with Crippen LogP contribution in [-0.4, -0.2) is 4.98 Å². The highest BCUT2D eigenvalue weighted by molar-refractivity contribution is 7.79. The molecule has 15 heavy (non-hydrogen) atoms. The third-order valence-corrected chi connectivity index (χ3v) is 3.67. The standard InChI is InChI=1S/C10H7Cl2NS2/c11-6-1-2-8(9(12)3-6)10-13-7(4-14)5-15-10/h1-3,5,14H,4H2. The molecule has 0 saturated carbocycles. The van der Waals surface area contributed by atoms with Crippen LogP contribution in [0.2, 0.25) is 10.0 Å². The summed E-state index contributed by atoms with van der Waals surface area (Å²) in [4.78, 5) is 4.40. The Bertz CT molecular complexity index is 482. The summed E-state index contributed by atoms with van der Waals surface area (Å²) in [6.45, 7) is 0. The minimum absolute atomic E-state index is 0.627. The lowest BCUT2D eigenvalue weighted by atomic mass is 10.2. The molecule has 0 atom stereocenters. The average Bonchev–Trinajstić information content (AvgIpc) is 2.66. The number of nitrogens with zero attached hydrogens (tertiary/aromatic N) is 1. The highest BCUT2D eigenvalue weighted by Crippen LogP contribution is 2.32. The SMILES string of the molecule is SCc1csc(-c2ccc(Cl)cc2Cl)n1. The second-order valence-electron chi connectivity index (χ2n) is 2.93. The first-order valence-electron chi connectivity index (χ1n) is 4.21. The van der Waals surface area contributed by atoms with Gasteiger partial charge in [-0.3, -0.25) is 0 Å². The van der Waals surface area contributed by atoms with Crippen molar-refractivity contribution in [2.75, 3.05) is 0 Å². The fourth-order valence-corrected chi connectivity index (χ4v) is 2.86. The van der Waals surface area contributed by atoms with E-state index in [1.807, 2.05) is 17.5 Å². The van der Waals surface area contributed by atoms with Crippen molar-refractivity contribution in [2.45, 2.75) is 5.75 Å². The summed E-state index contributed by atoms with van der Waals surface area (Å²) in [5.41, 5.74) is 1.88. The van der Waals surface area contributed by atoms with Gasteiger partial charge in [0.15, 0.2) is 0 Å². The summed E-state index contributed by atoms with van der Waals surface area (Å²) in [5.74, 6) is 0.641. The molecule has 0 N–H and O–H groups in total. The molecule has 0 aliphatic rings. The minimum atomic E-state index is 0.627. The van der Waals surface area contributed by atoms with E-state index in [0.717, 1.165) is 16.3 Å². The summed E-state index contributed by atoms with van der Waals surface area (Å²) in [6, 6.07) is 5.41. The molecule has 1 aromatic heterocycles. The van der Waals surface area contributed by atoms with Crippen LogP contribution in [0.3, 0.4) is 0 Å². The van der Waals surface area contributed by atoms with Crippen LogP contribution >= 0.6 is 47.2 Å². The molecule has 1 aromatic carbocycles. The van der Waals surface area contributed by atoms with Gasteiger partial charge in [0.25, 0.3) is 0 Å². The summed E-state index contributed by atoms with van der Waals surface area (Å²) >= 11 is 17.6. The molecule has 0 fully saturated rings. The van der Waals surface area contributed by atoms with E-state index in [0.29, 0.717) is 15.8 Å². The van der Waals surface area contributed by atoms with E-state index < -0.39 is 0 Å². The van der Waals surface area contributed by atoms with Gasteiger partial charge in [-0.1, -0.05) is 23.2 Å². The fourth-order valence-electron chi connectivity index (χ4n) is 1.17. The van der Waals surface area contributed by atoms with E-state index >= 15 is 0 Å². The predicted octanol–water partition coefficient (Wildman–Crippen LogP) is 4.55. The molecule has 0 aliphatic carbocycles. The van der Waals surface area contributed by atoms with Gasteiger partial charge < -0.3 is 0 Å². The first-order chi connectivity index (χ1) is 7.20. The van der Waals surface area contributed by atoms with Crippen LogP contribution in [-0.2, 0) is 5.75 Å². The largest absolute Gasteiger partial charge is 0.240 e. The average molecular weight is 276 g/mol. The Morgan fingerprint density at radius 3 is 2.73 bits per heavy atom. The molecule has 0 bridgehead atoms. The second kappa shape index (κ2) is 4.74. The molecule has 0 saturated heterocycles. The fraction of sp³-hybridized carbons (Fsp3) is 0.100. The van der Waals surface area contributed by atoms with Crippen LogP contribution in [0.15, 0.2) is 23.6 Å². The normalized spacial score (nSPS) is 10.6. The zero-order valence-electron chi connectivity index (χ0n) is 7.58. The summed E-state index contributed by atoms with van der Waals surface area (Å²) in [6.07, 6.45) is 0. The number of rotatable bonds is 2. The first-order valence-corrected chi connectivity index (χ1v) is 6.48. The van der Waals surface area contributed by atoms with Crippen LogP contribution in [0.5, 0.6) is 0 Å². The molecule has 0 unspecified atom stereocenters. The van der Waals surface area contributed by atoms with E-state index in [-0.39, 0.29) is 0 Å². The number of thiazole rings is 1. The molecule has 1 heterocycles. The van der Waals surface area contributed by atoms with Crippen molar-refractivity contribution in [2.24, 2.45) is 0 Å². The minimum Gasteiger partial charge on any atom is -0.240 e. The van der Waals surface area contributed by atoms with Crippen LogP contribution in [0.25, 0.3) is 10.6 Å². The number of benzene rings is 1. The lowest BCUT2D eigenvalue weighted by molar-refractivity contribution is 1.24. The van der Waals surface area contributed by atoms with Gasteiger partial charge in [0.1, 0.15) is 5.01 Å². The molecule has 0 amide bonds. The number of aromatic nitrogens is 1. The van der Waals surface area contributed by atoms with E-state index in [1.165, 1.54) is 0 Å². The molecule has 1 nitrogen and oxygen atoms in total. The van der Waals surface area contributed by atoms with Gasteiger partial charge in [-0.15, -0.1) is 11.3 Å². The van der Waals surface area contributed by atoms with Gasteiger partial charge in [0.2, 0.25) is 0 Å². The monoisotopic (exact) mass is 275 g/mol. The molecule has 2 rings (SSSR count). The maximum atomic E-state index is 6.08. The van der Waals surface area contributed by atoms with Crippen LogP contribution in [0, 0.1) is 0 Å². The molecule has 0 spiro atoms. The first kappa shape index (κ1) is 11.3. The highest BCUT2D eigenvalue weighted by Gasteiger charge is 2.08. The van der Waals surface area contributed by atoms with Crippen molar-refractivity contribution < 1.29 is 0 Å². The number of thiol groups is 1. The lowest BCUT2D eigenvalue weighted by Gasteiger charge is -2.00. The van der Waals surface area contributed by atoms with Gasteiger partial charge in [0.05, 0.1) is 10.7 Å². The van der Waals surface area contributed by atoms with Crippen molar-refractivity contribution in [3.8, 4) is 10.6 Å². The quantitative estimate of drug-likeness (QED) is 0.794. The van der Waals surface area contributed by atoms with Crippen molar-refractivity contribution >= 4 is 47.2 Å². The topological polar surface area (TPSA) is 12.9 Å². The van der Waals surface area contributed by atoms with Gasteiger partial charge in [-0.25, -0.2) is 4.98 Å². The van der Waals surface area contributed by atoms with Gasteiger partial charge in [-0.05, 0) is 18.2 Å². The molecular formula is C10H7Cl2NS2. The Balaban J connectivity index is 2.44. The van der Waals surface area contributed by atoms with Crippen molar-refractivity contribution in [3.05, 3.63) is 39.3 Å². The predicted molar refractivity (Wildman–Crippen MR) is 70.3 cm³/mol. The van der Waals surface area contributed by atoms with Crippen LogP contribution in [0.4, 0.5) is 0 Å². The summed E-state index contributed by atoms with van der Waals surface area (Å²) < 4.78 is 0. The molecule has 2 aromatic rings. The Morgan fingerprint density at radius 2 is 2.13 bits per heavy atom.